The van der Waals surface area contributed by atoms with E-state index in [0.717, 1.165) is 0 Å². The van der Waals surface area contributed by atoms with Crippen LogP contribution < -0.4 is 5.73 Å². The minimum Gasteiger partial charge on any atom is -0.378 e. The number of carbonyl (C=O) groups excluding carboxylic acids is 1. The van der Waals surface area contributed by atoms with Gasteiger partial charge in [0.05, 0.1) is 13.2 Å². The molecule has 0 spiro atoms. The number of morpholine rings is 1. The van der Waals surface area contributed by atoms with Crippen LogP contribution in [-0.4, -0.2) is 42.3 Å². The maximum Gasteiger partial charge on any atom is 0.276 e. The molecule has 6 nitrogen and oxygen atoms in total. The molecule has 1 aromatic rings. The number of nitrogens with two attached hydrogens (primary N) is 1. The monoisotopic (exact) mass is 197 g/mol. The van der Waals surface area contributed by atoms with E-state index >= 15 is 0 Å². The van der Waals surface area contributed by atoms with E-state index in [1.807, 2.05) is 0 Å². The highest BCUT2D eigenvalue weighted by atomic mass is 16.5. The van der Waals surface area contributed by atoms with Crippen LogP contribution >= 0.6 is 0 Å². The summed E-state index contributed by atoms with van der Waals surface area (Å²) in [6, 6.07) is 1.43. The minimum atomic E-state index is -0.159. The third-order valence-electron chi connectivity index (χ3n) is 2.05. The third-order valence-corrected chi connectivity index (χ3v) is 2.05. The number of hydrogen-bond donors (Lipinski definition) is 1. The van der Waals surface area contributed by atoms with E-state index in [9.17, 15) is 4.79 Å². The highest BCUT2D eigenvalue weighted by Gasteiger charge is 2.21. The van der Waals surface area contributed by atoms with Crippen molar-refractivity contribution in [3.8, 4) is 0 Å². The molecule has 1 aliphatic rings. The van der Waals surface area contributed by atoms with Crippen molar-refractivity contribution in [2.24, 2.45) is 0 Å². The van der Waals surface area contributed by atoms with Crippen molar-refractivity contribution in [3.05, 3.63) is 11.8 Å². The molecule has 0 bridgehead atoms. The molecule has 0 aromatic carbocycles. The molecule has 2 rings (SSSR count). The predicted molar refractivity (Wildman–Crippen MR) is 47.6 cm³/mol. The second kappa shape index (κ2) is 3.67. The molecule has 6 heteroatoms. The molecule has 76 valence electrons. The fraction of sp³-hybridized carbons (Fsp3) is 0.500. The van der Waals surface area contributed by atoms with E-state index in [1.165, 1.54) is 6.07 Å². The Labute approximate surface area is 80.6 Å². The molecule has 2 heterocycles. The van der Waals surface area contributed by atoms with Gasteiger partial charge in [0.15, 0.2) is 5.69 Å². The zero-order valence-corrected chi connectivity index (χ0v) is 7.60. The summed E-state index contributed by atoms with van der Waals surface area (Å²) in [5.41, 5.74) is 5.58. The lowest BCUT2D eigenvalue weighted by atomic mass is 10.3. The lowest BCUT2D eigenvalue weighted by Gasteiger charge is -2.25. The van der Waals surface area contributed by atoms with E-state index in [2.05, 4.69) is 9.68 Å². The van der Waals surface area contributed by atoms with Gasteiger partial charge in [0, 0.05) is 19.2 Å². The number of aromatic nitrogens is 1. The van der Waals surface area contributed by atoms with Crippen molar-refractivity contribution in [3.63, 3.8) is 0 Å². The largest absolute Gasteiger partial charge is 0.378 e. The van der Waals surface area contributed by atoms with Crippen molar-refractivity contribution in [1.29, 1.82) is 0 Å². The van der Waals surface area contributed by atoms with Crippen molar-refractivity contribution in [2.75, 3.05) is 32.0 Å². The van der Waals surface area contributed by atoms with Crippen LogP contribution in [0, 0.1) is 0 Å². The summed E-state index contributed by atoms with van der Waals surface area (Å²) in [5.74, 6) is -0.00430. The number of rotatable bonds is 1. The van der Waals surface area contributed by atoms with Gasteiger partial charge in [-0.15, -0.1) is 0 Å². The van der Waals surface area contributed by atoms with Crippen molar-refractivity contribution >= 4 is 11.8 Å². The summed E-state index contributed by atoms with van der Waals surface area (Å²) < 4.78 is 9.75. The first-order valence-corrected chi connectivity index (χ1v) is 4.36. The van der Waals surface area contributed by atoms with Gasteiger partial charge in [0.1, 0.15) is 0 Å². The number of ether oxygens (including phenoxy) is 1. The van der Waals surface area contributed by atoms with Gasteiger partial charge in [-0.3, -0.25) is 4.79 Å². The molecule has 14 heavy (non-hydrogen) atoms. The Morgan fingerprint density at radius 2 is 2.21 bits per heavy atom. The van der Waals surface area contributed by atoms with Crippen molar-refractivity contribution in [1.82, 2.24) is 10.1 Å². The smallest absolute Gasteiger partial charge is 0.276 e. The number of carbonyl (C=O) groups is 1. The summed E-state index contributed by atoms with van der Waals surface area (Å²) in [5, 5.41) is 3.56. The van der Waals surface area contributed by atoms with Crippen LogP contribution in [0.2, 0.25) is 0 Å². The molecule has 1 aliphatic heterocycles. The highest BCUT2D eigenvalue weighted by Crippen LogP contribution is 2.09. The van der Waals surface area contributed by atoms with Crippen LogP contribution in [0.3, 0.4) is 0 Å². The van der Waals surface area contributed by atoms with E-state index in [4.69, 9.17) is 10.5 Å². The molecule has 0 atom stereocenters. The number of anilines is 1. The van der Waals surface area contributed by atoms with Gasteiger partial charge in [0.2, 0.25) is 5.88 Å². The van der Waals surface area contributed by atoms with Crippen molar-refractivity contribution < 1.29 is 14.1 Å². The molecule has 0 saturated carbocycles. The third kappa shape index (κ3) is 1.69. The van der Waals surface area contributed by atoms with Crippen LogP contribution in [0.15, 0.2) is 10.6 Å². The number of nitrogen functional groups attached to an aromatic ring is 1. The van der Waals surface area contributed by atoms with Gasteiger partial charge in [-0.1, -0.05) is 5.16 Å². The number of nitrogens with zero attached hydrogens (tertiary/aromatic N) is 2. The zero-order chi connectivity index (χ0) is 9.97. The van der Waals surface area contributed by atoms with Crippen LogP contribution in [0.25, 0.3) is 0 Å². The standard InChI is InChI=1S/C8H11N3O3/c9-7-5-6(10-14-7)8(12)11-1-3-13-4-2-11/h5H,1-4,9H2. The summed E-state index contributed by atoms with van der Waals surface area (Å²) in [6.45, 7) is 2.31. The SMILES string of the molecule is Nc1cc(C(=O)N2CCOCC2)no1. The summed E-state index contributed by atoms with van der Waals surface area (Å²) in [4.78, 5) is 13.4. The van der Waals surface area contributed by atoms with Gasteiger partial charge < -0.3 is 19.9 Å². The average molecular weight is 197 g/mol. The lowest BCUT2D eigenvalue weighted by Crippen LogP contribution is -2.40. The van der Waals surface area contributed by atoms with Crippen LogP contribution in [0.1, 0.15) is 10.5 Å². The number of amides is 1. The van der Waals surface area contributed by atoms with Gasteiger partial charge in [-0.25, -0.2) is 0 Å². The molecule has 0 radical (unpaired) electrons. The van der Waals surface area contributed by atoms with Crippen LogP contribution in [-0.2, 0) is 4.74 Å². The summed E-state index contributed by atoms with van der Waals surface area (Å²) in [7, 11) is 0. The second-order valence-corrected chi connectivity index (χ2v) is 3.02. The molecule has 1 amide bonds. The Bertz CT molecular complexity index is 330. The Hall–Kier alpha value is -1.56. The molecular formula is C8H11N3O3. The topological polar surface area (TPSA) is 81.6 Å². The fourth-order valence-electron chi connectivity index (χ4n) is 1.32. The highest BCUT2D eigenvalue weighted by molar-refractivity contribution is 5.92. The predicted octanol–water partition coefficient (Wildman–Crippen LogP) is -0.271. The fourth-order valence-corrected chi connectivity index (χ4v) is 1.32. The van der Waals surface area contributed by atoms with E-state index in [1.54, 1.807) is 4.90 Å². The van der Waals surface area contributed by atoms with Gasteiger partial charge in [-0.05, 0) is 0 Å². The molecule has 1 fully saturated rings. The number of hydrogen-bond acceptors (Lipinski definition) is 5. The van der Waals surface area contributed by atoms with E-state index < -0.39 is 0 Å². The van der Waals surface area contributed by atoms with Gasteiger partial charge >= 0.3 is 0 Å². The first kappa shape index (κ1) is 9.01. The van der Waals surface area contributed by atoms with E-state index in [-0.39, 0.29) is 17.5 Å². The van der Waals surface area contributed by atoms with E-state index in [0.29, 0.717) is 26.3 Å². The average Bonchev–Trinajstić information content (AvgIpc) is 2.65. The van der Waals surface area contributed by atoms with Gasteiger partial charge in [-0.2, -0.15) is 0 Å². The van der Waals surface area contributed by atoms with Crippen molar-refractivity contribution in [2.45, 2.75) is 0 Å². The normalized spacial score (nSPS) is 17.0. The summed E-state index contributed by atoms with van der Waals surface area (Å²) in [6.07, 6.45) is 0. The molecule has 1 saturated heterocycles. The summed E-state index contributed by atoms with van der Waals surface area (Å²) >= 11 is 0. The zero-order valence-electron chi connectivity index (χ0n) is 7.60. The Kier molecular flexibility index (Phi) is 2.36. The molecule has 1 aromatic heterocycles. The van der Waals surface area contributed by atoms with Crippen LogP contribution in [0.4, 0.5) is 5.88 Å². The molecular weight excluding hydrogens is 186 g/mol. The second-order valence-electron chi connectivity index (χ2n) is 3.02. The Morgan fingerprint density at radius 3 is 2.79 bits per heavy atom. The maximum atomic E-state index is 11.7. The first-order chi connectivity index (χ1) is 6.77. The Morgan fingerprint density at radius 1 is 1.50 bits per heavy atom. The first-order valence-electron chi connectivity index (χ1n) is 4.36. The van der Waals surface area contributed by atoms with Crippen LogP contribution in [0.5, 0.6) is 0 Å². The van der Waals surface area contributed by atoms with Gasteiger partial charge in [0.25, 0.3) is 5.91 Å². The Balaban J connectivity index is 2.07. The minimum absolute atomic E-state index is 0.154. The molecule has 2 N–H and O–H groups in total. The lowest BCUT2D eigenvalue weighted by molar-refractivity contribution is 0.0296. The molecule has 0 aliphatic carbocycles. The quantitative estimate of drug-likeness (QED) is 0.670. The maximum absolute atomic E-state index is 11.7. The molecule has 0 unspecified atom stereocenters.